The van der Waals surface area contributed by atoms with Crippen LogP contribution in [0.25, 0.3) is 5.69 Å². The quantitative estimate of drug-likeness (QED) is 0.792. The summed E-state index contributed by atoms with van der Waals surface area (Å²) in [5.41, 5.74) is 0.610. The van der Waals surface area contributed by atoms with Gasteiger partial charge in [0.1, 0.15) is 0 Å². The molecule has 0 fully saturated rings. The first kappa shape index (κ1) is 16.3. The minimum atomic E-state index is -4.55. The van der Waals surface area contributed by atoms with E-state index in [0.29, 0.717) is 12.2 Å². The van der Waals surface area contributed by atoms with Gasteiger partial charge in [-0.15, -0.1) is 0 Å². The summed E-state index contributed by atoms with van der Waals surface area (Å²) in [6, 6.07) is 10.9. The molecule has 0 aliphatic carbocycles. The van der Waals surface area contributed by atoms with Crippen LogP contribution in [0.5, 0.6) is 0 Å². The molecule has 0 atom stereocenters. The molecule has 1 aromatic carbocycles. The molecule has 2 heterocycles. The molecule has 126 valence electrons. The molecule has 0 amide bonds. The molecule has 0 aliphatic rings. The lowest BCUT2D eigenvalue weighted by Crippen LogP contribution is -2.08. The largest absolute Gasteiger partial charge is 0.435 e. The SMILES string of the molecule is Cc1c(C(F)(F)F)nn(-c2ccc(Cn3cccc3)cc2)c1CO. The number of hydrogen-bond acceptors (Lipinski definition) is 2. The lowest BCUT2D eigenvalue weighted by molar-refractivity contribution is -0.141. The molecular weight excluding hydrogens is 319 g/mol. The van der Waals surface area contributed by atoms with Crippen LogP contribution in [0.2, 0.25) is 0 Å². The van der Waals surface area contributed by atoms with Crippen molar-refractivity contribution in [1.29, 1.82) is 0 Å². The van der Waals surface area contributed by atoms with Gasteiger partial charge in [0.2, 0.25) is 0 Å². The number of alkyl halides is 3. The van der Waals surface area contributed by atoms with Crippen LogP contribution in [0.1, 0.15) is 22.5 Å². The van der Waals surface area contributed by atoms with E-state index >= 15 is 0 Å². The number of nitrogens with zero attached hydrogens (tertiary/aromatic N) is 3. The van der Waals surface area contributed by atoms with Crippen LogP contribution in [0.3, 0.4) is 0 Å². The van der Waals surface area contributed by atoms with Gasteiger partial charge in [0.05, 0.1) is 18.0 Å². The highest BCUT2D eigenvalue weighted by molar-refractivity contribution is 5.39. The second-order valence-corrected chi connectivity index (χ2v) is 5.51. The molecule has 0 radical (unpaired) electrons. The Labute approximate surface area is 136 Å². The van der Waals surface area contributed by atoms with Gasteiger partial charge in [-0.3, -0.25) is 0 Å². The third kappa shape index (κ3) is 3.07. The van der Waals surface area contributed by atoms with E-state index in [2.05, 4.69) is 5.10 Å². The van der Waals surface area contributed by atoms with Crippen LogP contribution in [-0.4, -0.2) is 19.5 Å². The Hall–Kier alpha value is -2.54. The second-order valence-electron chi connectivity index (χ2n) is 5.51. The average molecular weight is 335 g/mol. The molecule has 0 bridgehead atoms. The lowest BCUT2D eigenvalue weighted by atomic mass is 10.2. The van der Waals surface area contributed by atoms with Crippen LogP contribution < -0.4 is 0 Å². The molecule has 0 unspecified atom stereocenters. The summed E-state index contributed by atoms with van der Waals surface area (Å²) in [6.45, 7) is 1.48. The van der Waals surface area contributed by atoms with E-state index in [-0.39, 0.29) is 11.3 Å². The Morgan fingerprint density at radius 1 is 1.08 bits per heavy atom. The summed E-state index contributed by atoms with van der Waals surface area (Å²) in [6.07, 6.45) is -0.678. The maximum atomic E-state index is 13.0. The summed E-state index contributed by atoms with van der Waals surface area (Å²) in [5.74, 6) is 0. The highest BCUT2D eigenvalue weighted by atomic mass is 19.4. The number of aromatic nitrogens is 3. The number of rotatable bonds is 4. The molecule has 1 N–H and O–H groups in total. The summed E-state index contributed by atoms with van der Waals surface area (Å²) in [5, 5.41) is 13.1. The third-order valence-electron chi connectivity index (χ3n) is 3.87. The summed E-state index contributed by atoms with van der Waals surface area (Å²) < 4.78 is 42.2. The number of aliphatic hydroxyl groups is 1. The van der Waals surface area contributed by atoms with Crippen LogP contribution in [-0.2, 0) is 19.3 Å². The highest BCUT2D eigenvalue weighted by Crippen LogP contribution is 2.33. The fourth-order valence-corrected chi connectivity index (χ4v) is 2.63. The lowest BCUT2D eigenvalue weighted by Gasteiger charge is -2.08. The number of aliphatic hydroxyl groups excluding tert-OH is 1. The van der Waals surface area contributed by atoms with Gasteiger partial charge in [-0.1, -0.05) is 12.1 Å². The van der Waals surface area contributed by atoms with E-state index < -0.39 is 18.5 Å². The van der Waals surface area contributed by atoms with Crippen LogP contribution in [0.4, 0.5) is 13.2 Å². The Morgan fingerprint density at radius 2 is 1.71 bits per heavy atom. The first-order valence-electron chi connectivity index (χ1n) is 7.37. The average Bonchev–Trinajstić information content (AvgIpc) is 3.15. The van der Waals surface area contributed by atoms with Crippen molar-refractivity contribution in [3.05, 3.63) is 71.3 Å². The van der Waals surface area contributed by atoms with E-state index in [0.717, 1.165) is 10.2 Å². The normalized spacial score (nSPS) is 11.9. The molecule has 2 aromatic heterocycles. The molecular formula is C17H16F3N3O. The maximum absolute atomic E-state index is 13.0. The van der Waals surface area contributed by atoms with E-state index in [1.165, 1.54) is 6.92 Å². The van der Waals surface area contributed by atoms with E-state index in [9.17, 15) is 18.3 Å². The van der Waals surface area contributed by atoms with Crippen LogP contribution in [0, 0.1) is 6.92 Å². The van der Waals surface area contributed by atoms with Gasteiger partial charge < -0.3 is 9.67 Å². The number of hydrogen-bond donors (Lipinski definition) is 1. The number of halogens is 3. The minimum Gasteiger partial charge on any atom is -0.390 e. The fourth-order valence-electron chi connectivity index (χ4n) is 2.63. The van der Waals surface area contributed by atoms with Crippen molar-refractivity contribution in [2.24, 2.45) is 0 Å². The van der Waals surface area contributed by atoms with Crippen molar-refractivity contribution in [3.63, 3.8) is 0 Å². The van der Waals surface area contributed by atoms with Gasteiger partial charge in [0, 0.05) is 24.5 Å². The third-order valence-corrected chi connectivity index (χ3v) is 3.87. The van der Waals surface area contributed by atoms with Crippen molar-refractivity contribution in [2.45, 2.75) is 26.3 Å². The first-order chi connectivity index (χ1) is 11.4. The standard InChI is InChI=1S/C17H16F3N3O/c1-12-15(11-24)23(21-16(12)17(18,19)20)14-6-4-13(5-7-14)10-22-8-2-3-9-22/h2-9,24H,10-11H2,1H3. The molecule has 0 saturated heterocycles. The van der Waals surface area contributed by atoms with E-state index in [1.807, 2.05) is 41.2 Å². The molecule has 7 heteroatoms. The molecule has 0 spiro atoms. The van der Waals surface area contributed by atoms with E-state index in [4.69, 9.17) is 0 Å². The molecule has 0 saturated carbocycles. The zero-order valence-corrected chi connectivity index (χ0v) is 13.0. The van der Waals surface area contributed by atoms with Crippen molar-refractivity contribution in [1.82, 2.24) is 14.3 Å². The molecule has 3 aromatic rings. The van der Waals surface area contributed by atoms with Gasteiger partial charge >= 0.3 is 6.18 Å². The maximum Gasteiger partial charge on any atom is 0.435 e. The first-order valence-corrected chi connectivity index (χ1v) is 7.37. The second kappa shape index (κ2) is 6.16. The summed E-state index contributed by atoms with van der Waals surface area (Å²) >= 11 is 0. The van der Waals surface area contributed by atoms with Crippen molar-refractivity contribution < 1.29 is 18.3 Å². The molecule has 3 rings (SSSR count). The zero-order chi connectivity index (χ0) is 17.3. The summed E-state index contributed by atoms with van der Waals surface area (Å²) in [4.78, 5) is 0. The Bertz CT molecular complexity index is 818. The van der Waals surface area contributed by atoms with Gasteiger partial charge in [0.15, 0.2) is 5.69 Å². The highest BCUT2D eigenvalue weighted by Gasteiger charge is 2.37. The summed E-state index contributed by atoms with van der Waals surface area (Å²) in [7, 11) is 0. The predicted molar refractivity (Wildman–Crippen MR) is 82.8 cm³/mol. The van der Waals surface area contributed by atoms with Crippen molar-refractivity contribution in [3.8, 4) is 5.69 Å². The number of benzene rings is 1. The monoisotopic (exact) mass is 335 g/mol. The molecule has 24 heavy (non-hydrogen) atoms. The zero-order valence-electron chi connectivity index (χ0n) is 13.0. The Balaban J connectivity index is 1.94. The topological polar surface area (TPSA) is 43.0 Å². The minimum absolute atomic E-state index is 0.0542. The van der Waals surface area contributed by atoms with Crippen molar-refractivity contribution in [2.75, 3.05) is 0 Å². The van der Waals surface area contributed by atoms with Crippen molar-refractivity contribution >= 4 is 0 Å². The van der Waals surface area contributed by atoms with E-state index in [1.54, 1.807) is 12.1 Å². The van der Waals surface area contributed by atoms with Crippen LogP contribution >= 0.6 is 0 Å². The molecule has 4 nitrogen and oxygen atoms in total. The fraction of sp³-hybridized carbons (Fsp3) is 0.235. The smallest absolute Gasteiger partial charge is 0.390 e. The Kier molecular flexibility index (Phi) is 4.19. The van der Waals surface area contributed by atoms with Gasteiger partial charge in [-0.2, -0.15) is 18.3 Å². The Morgan fingerprint density at radius 3 is 2.25 bits per heavy atom. The van der Waals surface area contributed by atoms with Gasteiger partial charge in [0.25, 0.3) is 0 Å². The van der Waals surface area contributed by atoms with Gasteiger partial charge in [-0.25, -0.2) is 4.68 Å². The van der Waals surface area contributed by atoms with Gasteiger partial charge in [-0.05, 0) is 36.8 Å². The predicted octanol–water partition coefficient (Wildman–Crippen LogP) is 3.54. The van der Waals surface area contributed by atoms with Crippen LogP contribution in [0.15, 0.2) is 48.8 Å². The molecule has 0 aliphatic heterocycles.